The van der Waals surface area contributed by atoms with Crippen molar-refractivity contribution in [1.82, 2.24) is 15.0 Å². The molecule has 0 radical (unpaired) electrons. The third kappa shape index (κ3) is 5.17. The predicted molar refractivity (Wildman–Crippen MR) is 140 cm³/mol. The van der Waals surface area contributed by atoms with Crippen LogP contribution in [0.1, 0.15) is 13.8 Å². The number of alkyl halides is 2. The Kier molecular flexibility index (Phi) is 6.43. The van der Waals surface area contributed by atoms with Gasteiger partial charge in [0.1, 0.15) is 33.7 Å². The third-order valence-electron chi connectivity index (χ3n) is 7.21. The summed E-state index contributed by atoms with van der Waals surface area (Å²) in [5, 5.41) is 14.8. The maximum atomic E-state index is 14.6. The van der Waals surface area contributed by atoms with Crippen LogP contribution in [0.15, 0.2) is 42.7 Å². The lowest BCUT2D eigenvalue weighted by molar-refractivity contribution is -0.0545. The molecule has 2 N–H and O–H groups in total. The van der Waals surface area contributed by atoms with E-state index in [2.05, 4.69) is 25.2 Å². The number of anilines is 4. The molecule has 2 aromatic heterocycles. The highest BCUT2D eigenvalue weighted by molar-refractivity contribution is 7.90. The van der Waals surface area contributed by atoms with Crippen molar-refractivity contribution >= 4 is 43.9 Å². The minimum atomic E-state index is -3.03. The summed E-state index contributed by atoms with van der Waals surface area (Å²) in [7, 11) is -3.03. The maximum Gasteiger partial charge on any atom is 0.227 e. The molecule has 2 aliphatic heterocycles. The number of sulfone groups is 1. The van der Waals surface area contributed by atoms with Crippen LogP contribution < -0.4 is 15.1 Å². The Labute approximate surface area is 214 Å². The van der Waals surface area contributed by atoms with Crippen LogP contribution in [0.2, 0.25) is 0 Å². The van der Waals surface area contributed by atoms with Crippen molar-refractivity contribution in [1.29, 1.82) is 0 Å². The van der Waals surface area contributed by atoms with E-state index in [-0.39, 0.29) is 36.8 Å². The number of aliphatic hydroxyl groups excluding tert-OH is 1. The average molecular weight is 533 g/mol. The van der Waals surface area contributed by atoms with Crippen LogP contribution in [0.5, 0.6) is 0 Å². The van der Waals surface area contributed by atoms with Gasteiger partial charge < -0.3 is 20.2 Å². The standard InChI is InChI=1S/C25H30F2N6O3S/c1-15-17(13-37(3,35)36)11-33(15)20-6-4-5-16-9-22(29-10-18(16)20)30-21-7-8-28-24(31-21)32-12-19(26)23(34)25(2,27)14-32/h4-10,15,17,19,23,34H,11-14H2,1-3H3,(H,28,29,30,31)/t15-,17-,19-,23-,25-/m1/s1. The average Bonchev–Trinajstić information content (AvgIpc) is 2.83. The maximum absolute atomic E-state index is 14.6. The van der Waals surface area contributed by atoms with E-state index in [9.17, 15) is 22.3 Å². The molecule has 1 aromatic carbocycles. The van der Waals surface area contributed by atoms with Crippen molar-refractivity contribution < 1.29 is 22.3 Å². The van der Waals surface area contributed by atoms with E-state index in [1.165, 1.54) is 24.3 Å². The van der Waals surface area contributed by atoms with E-state index in [4.69, 9.17) is 0 Å². The predicted octanol–water partition coefficient (Wildman–Crippen LogP) is 2.88. The lowest BCUT2D eigenvalue weighted by Crippen LogP contribution is -2.59. The number of nitrogens with one attached hydrogen (secondary N) is 1. The van der Waals surface area contributed by atoms with E-state index in [0.717, 1.165) is 16.5 Å². The zero-order chi connectivity index (χ0) is 26.5. The van der Waals surface area contributed by atoms with Gasteiger partial charge in [-0.1, -0.05) is 12.1 Å². The number of fused-ring (bicyclic) bond motifs is 1. The lowest BCUT2D eigenvalue weighted by Gasteiger charge is -2.48. The number of halogens is 2. The molecular formula is C25H30F2N6O3S. The summed E-state index contributed by atoms with van der Waals surface area (Å²) >= 11 is 0. The number of rotatable bonds is 6. The number of piperidine rings is 1. The fourth-order valence-corrected chi connectivity index (χ4v) is 6.30. The number of pyridine rings is 1. The van der Waals surface area contributed by atoms with Crippen LogP contribution >= 0.6 is 0 Å². The highest BCUT2D eigenvalue weighted by Gasteiger charge is 2.46. The van der Waals surface area contributed by atoms with Gasteiger partial charge in [0.25, 0.3) is 0 Å². The van der Waals surface area contributed by atoms with Gasteiger partial charge in [-0.15, -0.1) is 0 Å². The van der Waals surface area contributed by atoms with Crippen molar-refractivity contribution in [3.63, 3.8) is 0 Å². The Morgan fingerprint density at radius 1 is 1.22 bits per heavy atom. The number of nitrogens with zero attached hydrogens (tertiary/aromatic N) is 5. The molecule has 0 amide bonds. The summed E-state index contributed by atoms with van der Waals surface area (Å²) in [6, 6.07) is 9.55. The van der Waals surface area contributed by atoms with E-state index >= 15 is 0 Å². The molecule has 2 fully saturated rings. The van der Waals surface area contributed by atoms with Crippen LogP contribution in [0.25, 0.3) is 10.8 Å². The highest BCUT2D eigenvalue weighted by atomic mass is 32.2. The summed E-state index contributed by atoms with van der Waals surface area (Å²) in [6.07, 6.45) is 1.08. The molecule has 0 spiro atoms. The normalized spacial score (nSPS) is 28.3. The van der Waals surface area contributed by atoms with Gasteiger partial charge in [-0.2, -0.15) is 4.98 Å². The first-order valence-corrected chi connectivity index (χ1v) is 14.2. The van der Waals surface area contributed by atoms with Crippen molar-refractivity contribution in [2.24, 2.45) is 5.92 Å². The van der Waals surface area contributed by atoms with Gasteiger partial charge in [0.2, 0.25) is 5.95 Å². The van der Waals surface area contributed by atoms with Gasteiger partial charge in [-0.25, -0.2) is 27.2 Å². The SMILES string of the molecule is C[C@@H]1[C@@H](CS(C)(=O)=O)CN1c1cccc2cc(Nc3ccnc(N4C[C@@H](F)[C@@H](O)[C@](C)(F)C4)n3)ncc12. The topological polar surface area (TPSA) is 112 Å². The van der Waals surface area contributed by atoms with Crippen molar-refractivity contribution in [3.05, 3.63) is 42.7 Å². The Balaban J connectivity index is 1.33. The molecule has 3 aromatic rings. The molecule has 0 aliphatic carbocycles. The fourth-order valence-electron chi connectivity index (χ4n) is 5.13. The quantitative estimate of drug-likeness (QED) is 0.495. The molecular weight excluding hydrogens is 502 g/mol. The number of hydrogen-bond donors (Lipinski definition) is 2. The lowest BCUT2D eigenvalue weighted by atomic mass is 9.90. The first kappa shape index (κ1) is 25.5. The van der Waals surface area contributed by atoms with E-state index in [0.29, 0.717) is 18.2 Å². The second-order valence-corrected chi connectivity index (χ2v) is 12.5. The fraction of sp³-hybridized carbons (Fsp3) is 0.480. The molecule has 0 saturated carbocycles. The number of aliphatic hydroxyl groups is 1. The monoisotopic (exact) mass is 532 g/mol. The van der Waals surface area contributed by atoms with Crippen molar-refractivity contribution in [2.75, 3.05) is 46.8 Å². The second kappa shape index (κ2) is 9.32. The highest BCUT2D eigenvalue weighted by Crippen LogP contribution is 2.37. The van der Waals surface area contributed by atoms with Crippen LogP contribution in [-0.4, -0.2) is 84.1 Å². The Morgan fingerprint density at radius 3 is 2.70 bits per heavy atom. The summed E-state index contributed by atoms with van der Waals surface area (Å²) in [4.78, 5) is 16.7. The first-order chi connectivity index (χ1) is 17.4. The first-order valence-electron chi connectivity index (χ1n) is 12.1. The summed E-state index contributed by atoms with van der Waals surface area (Å²) < 4.78 is 52.2. The van der Waals surface area contributed by atoms with Gasteiger partial charge in [0.15, 0.2) is 5.67 Å². The molecule has 12 heteroatoms. The van der Waals surface area contributed by atoms with E-state index in [1.54, 1.807) is 12.3 Å². The molecule has 2 saturated heterocycles. The molecule has 4 heterocycles. The van der Waals surface area contributed by atoms with Crippen molar-refractivity contribution in [2.45, 2.75) is 37.8 Å². The van der Waals surface area contributed by atoms with E-state index < -0.39 is 27.8 Å². The molecule has 9 nitrogen and oxygen atoms in total. The van der Waals surface area contributed by atoms with Crippen LogP contribution in [0.4, 0.5) is 32.1 Å². The molecule has 198 valence electrons. The number of benzene rings is 1. The number of hydrogen-bond acceptors (Lipinski definition) is 9. The zero-order valence-corrected chi connectivity index (χ0v) is 21.7. The summed E-state index contributed by atoms with van der Waals surface area (Å²) in [5.74, 6) is 1.37. The minimum absolute atomic E-state index is 0.0946. The summed E-state index contributed by atoms with van der Waals surface area (Å²) in [5.41, 5.74) is -1.12. The molecule has 5 atom stereocenters. The van der Waals surface area contributed by atoms with Crippen LogP contribution in [0, 0.1) is 5.92 Å². The van der Waals surface area contributed by atoms with Gasteiger partial charge in [0, 0.05) is 48.2 Å². The van der Waals surface area contributed by atoms with Crippen LogP contribution in [0.3, 0.4) is 0 Å². The summed E-state index contributed by atoms with van der Waals surface area (Å²) in [6.45, 7) is 3.44. The smallest absolute Gasteiger partial charge is 0.227 e. The van der Waals surface area contributed by atoms with Gasteiger partial charge >= 0.3 is 0 Å². The minimum Gasteiger partial charge on any atom is -0.387 e. The molecule has 2 aliphatic rings. The van der Waals surface area contributed by atoms with Gasteiger partial charge in [-0.05, 0) is 37.4 Å². The Bertz CT molecular complexity index is 1420. The Hall–Kier alpha value is -3.12. The second-order valence-electron chi connectivity index (χ2n) is 10.3. The molecule has 5 rings (SSSR count). The van der Waals surface area contributed by atoms with Gasteiger partial charge in [-0.3, -0.25) is 0 Å². The molecule has 0 unspecified atom stereocenters. The van der Waals surface area contributed by atoms with Crippen molar-refractivity contribution in [3.8, 4) is 0 Å². The zero-order valence-electron chi connectivity index (χ0n) is 20.8. The number of aromatic nitrogens is 3. The van der Waals surface area contributed by atoms with Crippen LogP contribution in [-0.2, 0) is 9.84 Å². The molecule has 0 bridgehead atoms. The largest absolute Gasteiger partial charge is 0.387 e. The van der Waals surface area contributed by atoms with Gasteiger partial charge in [0.05, 0.1) is 18.8 Å². The third-order valence-corrected chi connectivity index (χ3v) is 8.24. The Morgan fingerprint density at radius 2 is 2.00 bits per heavy atom. The van der Waals surface area contributed by atoms with E-state index in [1.807, 2.05) is 31.2 Å². The molecule has 37 heavy (non-hydrogen) atoms.